The van der Waals surface area contributed by atoms with Crippen molar-refractivity contribution in [2.75, 3.05) is 0 Å². The average molecular weight is 443 g/mol. The number of benzene rings is 1. The summed E-state index contributed by atoms with van der Waals surface area (Å²) in [7, 11) is -1.10. The SMILES string of the molecule is CC(C)(C)Cn1cc(CNS(=O)C2CC2)c2cc(F)c(-c3cc(F)cnc3C#N)cc21. The van der Waals surface area contributed by atoms with Crippen LogP contribution in [0.25, 0.3) is 22.0 Å². The Morgan fingerprint density at radius 3 is 2.65 bits per heavy atom. The molecule has 1 atom stereocenters. The molecule has 31 heavy (non-hydrogen) atoms. The van der Waals surface area contributed by atoms with Gasteiger partial charge >= 0.3 is 0 Å². The summed E-state index contributed by atoms with van der Waals surface area (Å²) in [5.74, 6) is -1.19. The summed E-state index contributed by atoms with van der Waals surface area (Å²) in [6, 6.07) is 6.10. The first-order chi connectivity index (χ1) is 14.7. The molecular weight excluding hydrogens is 418 g/mol. The minimum absolute atomic E-state index is 0.0321. The zero-order chi connectivity index (χ0) is 22.3. The highest BCUT2D eigenvalue weighted by atomic mass is 32.2. The van der Waals surface area contributed by atoms with Gasteiger partial charge in [-0.1, -0.05) is 20.8 Å². The van der Waals surface area contributed by atoms with Crippen molar-refractivity contribution >= 4 is 21.9 Å². The third-order valence-electron chi connectivity index (χ3n) is 5.18. The van der Waals surface area contributed by atoms with Crippen LogP contribution in [0.15, 0.2) is 30.6 Å². The van der Waals surface area contributed by atoms with Crippen LogP contribution >= 0.6 is 0 Å². The zero-order valence-corrected chi connectivity index (χ0v) is 18.5. The van der Waals surface area contributed by atoms with Crippen LogP contribution in [0.4, 0.5) is 8.78 Å². The first-order valence-corrected chi connectivity index (χ1v) is 11.4. The molecular formula is C23H24F2N4OS. The molecule has 0 amide bonds. The third-order valence-corrected chi connectivity index (χ3v) is 6.69. The maximum atomic E-state index is 15.2. The van der Waals surface area contributed by atoms with Crippen LogP contribution in [-0.4, -0.2) is 19.0 Å². The van der Waals surface area contributed by atoms with E-state index in [-0.39, 0.29) is 27.5 Å². The number of hydrogen-bond donors (Lipinski definition) is 1. The second-order valence-corrected chi connectivity index (χ2v) is 10.7. The number of aromatic nitrogens is 2. The lowest BCUT2D eigenvalue weighted by Crippen LogP contribution is -2.19. The summed E-state index contributed by atoms with van der Waals surface area (Å²) in [6.07, 6.45) is 4.83. The molecule has 0 aliphatic heterocycles. The Morgan fingerprint density at radius 2 is 2.00 bits per heavy atom. The highest BCUT2D eigenvalue weighted by Gasteiger charge is 2.28. The molecule has 2 aromatic heterocycles. The molecule has 1 unspecified atom stereocenters. The van der Waals surface area contributed by atoms with E-state index in [0.717, 1.165) is 36.2 Å². The van der Waals surface area contributed by atoms with Gasteiger partial charge in [0.05, 0.1) is 17.2 Å². The lowest BCUT2D eigenvalue weighted by molar-refractivity contribution is 0.349. The quantitative estimate of drug-likeness (QED) is 0.595. The first kappa shape index (κ1) is 21.6. The van der Waals surface area contributed by atoms with Gasteiger partial charge in [0.1, 0.15) is 23.4 Å². The molecule has 1 fully saturated rings. The minimum atomic E-state index is -1.10. The highest BCUT2D eigenvalue weighted by molar-refractivity contribution is 7.83. The van der Waals surface area contributed by atoms with E-state index in [4.69, 9.17) is 0 Å². The number of pyridine rings is 1. The summed E-state index contributed by atoms with van der Waals surface area (Å²) >= 11 is 0. The second-order valence-electron chi connectivity index (χ2n) is 9.17. The van der Waals surface area contributed by atoms with Gasteiger partial charge in [0.15, 0.2) is 0 Å². The number of nitriles is 1. The topological polar surface area (TPSA) is 70.7 Å². The maximum absolute atomic E-state index is 15.2. The van der Waals surface area contributed by atoms with Crippen molar-refractivity contribution in [1.29, 1.82) is 5.26 Å². The van der Waals surface area contributed by atoms with E-state index in [2.05, 4.69) is 30.5 Å². The van der Waals surface area contributed by atoms with E-state index in [9.17, 15) is 13.9 Å². The smallest absolute Gasteiger partial charge is 0.148 e. The standard InChI is InChI=1S/C23H24F2N4OS/c1-23(2,3)13-29-12-14(10-28-31(30)16-4-5-16)17-7-20(25)18(8-22(17)29)19-6-15(24)11-27-21(19)9-26/h6-8,11-12,16,28H,4-5,10,13H2,1-3H3. The Balaban J connectivity index is 1.83. The van der Waals surface area contributed by atoms with Gasteiger partial charge in [-0.25, -0.2) is 22.7 Å². The number of rotatable bonds is 6. The highest BCUT2D eigenvalue weighted by Crippen LogP contribution is 2.34. The van der Waals surface area contributed by atoms with Gasteiger partial charge in [0, 0.05) is 46.6 Å². The van der Waals surface area contributed by atoms with Gasteiger partial charge in [0.25, 0.3) is 0 Å². The Kier molecular flexibility index (Phi) is 5.67. The molecule has 1 aromatic carbocycles. The molecule has 0 radical (unpaired) electrons. The van der Waals surface area contributed by atoms with E-state index in [0.29, 0.717) is 18.5 Å². The second kappa shape index (κ2) is 8.13. The molecule has 5 nitrogen and oxygen atoms in total. The minimum Gasteiger partial charge on any atom is -0.347 e. The molecule has 0 bridgehead atoms. The van der Waals surface area contributed by atoms with E-state index in [1.807, 2.05) is 16.8 Å². The predicted molar refractivity (Wildman–Crippen MR) is 117 cm³/mol. The van der Waals surface area contributed by atoms with Gasteiger partial charge < -0.3 is 4.57 Å². The molecule has 4 rings (SSSR count). The predicted octanol–water partition coefficient (Wildman–Crippen LogP) is 4.81. The number of nitrogens with zero attached hydrogens (tertiary/aromatic N) is 3. The van der Waals surface area contributed by atoms with Gasteiger partial charge in [-0.05, 0) is 42.0 Å². The van der Waals surface area contributed by atoms with Crippen LogP contribution in [0.2, 0.25) is 0 Å². The van der Waals surface area contributed by atoms with Crippen molar-refractivity contribution in [3.05, 3.63) is 53.5 Å². The van der Waals surface area contributed by atoms with E-state index in [1.54, 1.807) is 6.07 Å². The fourth-order valence-corrected chi connectivity index (χ4v) is 4.75. The van der Waals surface area contributed by atoms with Gasteiger partial charge in [-0.2, -0.15) is 5.26 Å². The Bertz CT molecular complexity index is 1220. The van der Waals surface area contributed by atoms with Gasteiger partial charge in [0.2, 0.25) is 0 Å². The van der Waals surface area contributed by atoms with E-state index >= 15 is 4.39 Å². The fourth-order valence-electron chi connectivity index (χ4n) is 3.66. The van der Waals surface area contributed by atoms with Crippen molar-refractivity contribution in [3.8, 4) is 17.2 Å². The van der Waals surface area contributed by atoms with Crippen LogP contribution < -0.4 is 4.72 Å². The number of nitrogens with one attached hydrogen (secondary N) is 1. The first-order valence-electron chi connectivity index (χ1n) is 10.2. The third kappa shape index (κ3) is 4.68. The molecule has 2 heterocycles. The van der Waals surface area contributed by atoms with E-state index in [1.165, 1.54) is 6.07 Å². The number of halogens is 2. The Morgan fingerprint density at radius 1 is 1.26 bits per heavy atom. The molecule has 1 aliphatic rings. The molecule has 8 heteroatoms. The van der Waals surface area contributed by atoms with Crippen molar-refractivity contribution in [2.24, 2.45) is 5.41 Å². The van der Waals surface area contributed by atoms with Gasteiger partial charge in [-0.15, -0.1) is 0 Å². The van der Waals surface area contributed by atoms with Gasteiger partial charge in [-0.3, -0.25) is 0 Å². The van der Waals surface area contributed by atoms with Crippen LogP contribution in [0.1, 0.15) is 44.9 Å². The average Bonchev–Trinajstić information content (AvgIpc) is 3.50. The molecule has 3 aromatic rings. The summed E-state index contributed by atoms with van der Waals surface area (Å²) in [5.41, 5.74) is 1.80. The number of hydrogen-bond acceptors (Lipinski definition) is 3. The Labute approximate surface area is 182 Å². The summed E-state index contributed by atoms with van der Waals surface area (Å²) < 4.78 is 46.3. The van der Waals surface area contributed by atoms with Crippen molar-refractivity contribution in [2.45, 2.75) is 52.0 Å². The lowest BCUT2D eigenvalue weighted by atomic mass is 9.96. The van der Waals surface area contributed by atoms with Crippen LogP contribution in [0.5, 0.6) is 0 Å². The monoisotopic (exact) mass is 442 g/mol. The normalized spacial score (nSPS) is 15.2. The van der Waals surface area contributed by atoms with Crippen LogP contribution in [0.3, 0.4) is 0 Å². The molecule has 0 spiro atoms. The van der Waals surface area contributed by atoms with Crippen molar-refractivity contribution in [3.63, 3.8) is 0 Å². The summed E-state index contributed by atoms with van der Waals surface area (Å²) in [6.45, 7) is 7.35. The Hall–Kier alpha value is -2.63. The number of fused-ring (bicyclic) bond motifs is 1. The summed E-state index contributed by atoms with van der Waals surface area (Å²) in [4.78, 5) is 3.80. The largest absolute Gasteiger partial charge is 0.347 e. The lowest BCUT2D eigenvalue weighted by Gasteiger charge is -2.20. The molecule has 0 saturated heterocycles. The van der Waals surface area contributed by atoms with Crippen LogP contribution in [-0.2, 0) is 24.1 Å². The van der Waals surface area contributed by atoms with Crippen LogP contribution in [0, 0.1) is 28.4 Å². The van der Waals surface area contributed by atoms with Crippen molar-refractivity contribution < 1.29 is 13.0 Å². The molecule has 1 aliphatic carbocycles. The fraction of sp³-hybridized carbons (Fsp3) is 0.391. The molecule has 1 saturated carbocycles. The zero-order valence-electron chi connectivity index (χ0n) is 17.7. The maximum Gasteiger partial charge on any atom is 0.148 e. The van der Waals surface area contributed by atoms with E-state index < -0.39 is 22.6 Å². The summed E-state index contributed by atoms with van der Waals surface area (Å²) in [5, 5.41) is 10.3. The van der Waals surface area contributed by atoms with Crippen molar-refractivity contribution in [1.82, 2.24) is 14.3 Å². The molecule has 162 valence electrons. The molecule has 1 N–H and O–H groups in total.